The molecule has 1 saturated heterocycles. The van der Waals surface area contributed by atoms with Crippen molar-refractivity contribution >= 4 is 32.4 Å². The van der Waals surface area contributed by atoms with Crippen LogP contribution in [0.5, 0.6) is 0 Å². The normalized spacial score (nSPS) is 15.0. The van der Waals surface area contributed by atoms with Crippen LogP contribution < -0.4 is 15.2 Å². The second-order valence-electron chi connectivity index (χ2n) is 6.07. The lowest BCUT2D eigenvalue weighted by atomic mass is 10.2. The summed E-state index contributed by atoms with van der Waals surface area (Å²) in [6.45, 7) is 6.40. The summed E-state index contributed by atoms with van der Waals surface area (Å²) in [5, 5.41) is 0.735. The largest absolute Gasteiger partial charge is 0.378 e. The molecule has 1 aliphatic heterocycles. The fourth-order valence-corrected chi connectivity index (χ4v) is 4.47. The van der Waals surface area contributed by atoms with Gasteiger partial charge in [0.1, 0.15) is 4.88 Å². The number of amides is 1. The quantitative estimate of drug-likeness (QED) is 0.700. The summed E-state index contributed by atoms with van der Waals surface area (Å²) in [6.07, 6.45) is 0.820. The number of nitrogens with one attached hydrogen (secondary N) is 2. The Kier molecular flexibility index (Phi) is 6.10. The molecular formula is C17H22N4O4S2. The number of rotatable bonds is 6. The number of nitrogens with zero attached hydrogens (tertiary/aromatic N) is 2. The number of morpholine rings is 1. The van der Waals surface area contributed by atoms with Crippen molar-refractivity contribution < 1.29 is 17.9 Å². The Morgan fingerprint density at radius 3 is 2.56 bits per heavy atom. The average molecular weight is 411 g/mol. The van der Waals surface area contributed by atoms with Gasteiger partial charge in [0.25, 0.3) is 15.9 Å². The van der Waals surface area contributed by atoms with Crippen molar-refractivity contribution in [3.8, 4) is 0 Å². The number of benzene rings is 1. The average Bonchev–Trinajstić information content (AvgIpc) is 3.09. The molecular weight excluding hydrogens is 388 g/mol. The van der Waals surface area contributed by atoms with Crippen molar-refractivity contribution in [2.75, 3.05) is 31.2 Å². The van der Waals surface area contributed by atoms with Gasteiger partial charge in [-0.15, -0.1) is 4.83 Å². The Bertz CT molecular complexity index is 904. The van der Waals surface area contributed by atoms with Gasteiger partial charge >= 0.3 is 0 Å². The molecule has 1 amide bonds. The van der Waals surface area contributed by atoms with Crippen LogP contribution in [0.3, 0.4) is 0 Å². The van der Waals surface area contributed by atoms with Crippen molar-refractivity contribution in [3.63, 3.8) is 0 Å². The molecule has 0 unspecified atom stereocenters. The molecule has 2 N–H and O–H groups in total. The van der Waals surface area contributed by atoms with E-state index in [1.165, 1.54) is 23.5 Å². The maximum absolute atomic E-state index is 12.4. The number of hydrogen-bond donors (Lipinski definition) is 2. The lowest BCUT2D eigenvalue weighted by molar-refractivity contribution is 0.0948. The van der Waals surface area contributed by atoms with E-state index in [1.807, 2.05) is 6.92 Å². The van der Waals surface area contributed by atoms with Crippen LogP contribution in [0.1, 0.15) is 27.9 Å². The van der Waals surface area contributed by atoms with E-state index in [4.69, 9.17) is 4.74 Å². The van der Waals surface area contributed by atoms with Crippen molar-refractivity contribution in [2.45, 2.75) is 25.2 Å². The molecule has 2 heterocycles. The van der Waals surface area contributed by atoms with Crippen LogP contribution in [0, 0.1) is 6.92 Å². The highest BCUT2D eigenvalue weighted by molar-refractivity contribution is 7.89. The fraction of sp³-hybridized carbons (Fsp3) is 0.412. The number of hydrazine groups is 1. The third kappa shape index (κ3) is 4.64. The molecule has 0 saturated carbocycles. The Morgan fingerprint density at radius 1 is 1.26 bits per heavy atom. The number of aryl methyl sites for hydroxylation is 2. The Morgan fingerprint density at radius 2 is 1.93 bits per heavy atom. The van der Waals surface area contributed by atoms with E-state index in [1.54, 1.807) is 19.1 Å². The highest BCUT2D eigenvalue weighted by Crippen LogP contribution is 2.26. The van der Waals surface area contributed by atoms with Gasteiger partial charge in [-0.25, -0.2) is 13.4 Å². The fourth-order valence-electron chi connectivity index (χ4n) is 2.62. The first kappa shape index (κ1) is 19.7. The number of carbonyl (C=O) groups is 1. The van der Waals surface area contributed by atoms with Gasteiger partial charge in [-0.1, -0.05) is 30.4 Å². The summed E-state index contributed by atoms with van der Waals surface area (Å²) in [5.41, 5.74) is 3.87. The number of anilines is 1. The number of hydrogen-bond acceptors (Lipinski definition) is 7. The van der Waals surface area contributed by atoms with Gasteiger partial charge in [0.15, 0.2) is 5.13 Å². The van der Waals surface area contributed by atoms with Gasteiger partial charge in [-0.3, -0.25) is 10.2 Å². The minimum atomic E-state index is -3.84. The highest BCUT2D eigenvalue weighted by atomic mass is 32.2. The summed E-state index contributed by atoms with van der Waals surface area (Å²) < 4.78 is 30.0. The molecule has 10 heteroatoms. The molecule has 1 aromatic carbocycles. The molecule has 8 nitrogen and oxygen atoms in total. The SMILES string of the molecule is CCc1ccc(S(=O)(=O)NNC(=O)c2sc(N3CCOCC3)nc2C)cc1. The monoisotopic (exact) mass is 410 g/mol. The zero-order valence-electron chi connectivity index (χ0n) is 15.2. The van der Waals surface area contributed by atoms with E-state index in [0.29, 0.717) is 36.9 Å². The van der Waals surface area contributed by atoms with Crippen LogP contribution in [0.4, 0.5) is 5.13 Å². The van der Waals surface area contributed by atoms with Crippen molar-refractivity contribution in [1.29, 1.82) is 0 Å². The Labute approximate surface area is 162 Å². The topological polar surface area (TPSA) is 101 Å². The van der Waals surface area contributed by atoms with E-state index in [0.717, 1.165) is 17.1 Å². The Hall–Kier alpha value is -2.01. The predicted molar refractivity (Wildman–Crippen MR) is 103 cm³/mol. The molecule has 0 atom stereocenters. The van der Waals surface area contributed by atoms with Crippen molar-refractivity contribution in [1.82, 2.24) is 15.2 Å². The van der Waals surface area contributed by atoms with Crippen LogP contribution in [0.2, 0.25) is 0 Å². The summed E-state index contributed by atoms with van der Waals surface area (Å²) in [7, 11) is -3.84. The smallest absolute Gasteiger partial charge is 0.278 e. The molecule has 27 heavy (non-hydrogen) atoms. The van der Waals surface area contributed by atoms with Gasteiger partial charge in [0, 0.05) is 13.1 Å². The number of sulfonamides is 1. The molecule has 146 valence electrons. The number of thiazole rings is 1. The standard InChI is InChI=1S/C17H22N4O4S2/c1-3-13-4-6-14(7-5-13)27(23,24)20-19-16(22)15-12(2)18-17(26-15)21-8-10-25-11-9-21/h4-7,20H,3,8-11H2,1-2H3,(H,19,22). The maximum atomic E-state index is 12.4. The number of aromatic nitrogens is 1. The van der Waals surface area contributed by atoms with E-state index < -0.39 is 15.9 Å². The van der Waals surface area contributed by atoms with Crippen molar-refractivity contribution in [2.24, 2.45) is 0 Å². The van der Waals surface area contributed by atoms with Crippen LogP contribution in [0.25, 0.3) is 0 Å². The van der Waals surface area contributed by atoms with E-state index in [2.05, 4.69) is 20.1 Å². The van der Waals surface area contributed by atoms with Gasteiger partial charge in [-0.2, -0.15) is 0 Å². The molecule has 0 radical (unpaired) electrons. The first-order valence-corrected chi connectivity index (χ1v) is 10.9. The van der Waals surface area contributed by atoms with E-state index >= 15 is 0 Å². The molecule has 0 aliphatic carbocycles. The summed E-state index contributed by atoms with van der Waals surface area (Å²) in [4.78, 5) is 21.5. The summed E-state index contributed by atoms with van der Waals surface area (Å²) in [6, 6.07) is 6.53. The number of carbonyl (C=O) groups excluding carboxylic acids is 1. The minimum Gasteiger partial charge on any atom is -0.378 e. The van der Waals surface area contributed by atoms with Gasteiger partial charge in [-0.05, 0) is 31.0 Å². The first-order valence-electron chi connectivity index (χ1n) is 8.62. The van der Waals surface area contributed by atoms with Crippen LogP contribution in [-0.4, -0.2) is 45.6 Å². The molecule has 2 aromatic rings. The summed E-state index contributed by atoms with van der Waals surface area (Å²) in [5.74, 6) is -0.529. The lowest BCUT2D eigenvalue weighted by Gasteiger charge is -2.25. The van der Waals surface area contributed by atoms with Crippen LogP contribution in [-0.2, 0) is 21.2 Å². The van der Waals surface area contributed by atoms with Crippen LogP contribution >= 0.6 is 11.3 Å². The molecule has 0 bridgehead atoms. The molecule has 1 aliphatic rings. The third-order valence-corrected chi connectivity index (χ3v) is 6.69. The zero-order valence-corrected chi connectivity index (χ0v) is 16.8. The Balaban J connectivity index is 1.67. The maximum Gasteiger partial charge on any atom is 0.278 e. The first-order chi connectivity index (χ1) is 12.9. The van der Waals surface area contributed by atoms with E-state index in [-0.39, 0.29) is 4.90 Å². The van der Waals surface area contributed by atoms with Gasteiger partial charge < -0.3 is 9.64 Å². The molecule has 0 spiro atoms. The van der Waals surface area contributed by atoms with E-state index in [9.17, 15) is 13.2 Å². The minimum absolute atomic E-state index is 0.0926. The zero-order chi connectivity index (χ0) is 19.4. The molecule has 1 fully saturated rings. The van der Waals surface area contributed by atoms with Crippen LogP contribution in [0.15, 0.2) is 29.2 Å². The van der Waals surface area contributed by atoms with Gasteiger partial charge in [0.05, 0.1) is 23.8 Å². The second kappa shape index (κ2) is 8.34. The second-order valence-corrected chi connectivity index (χ2v) is 8.73. The third-order valence-electron chi connectivity index (χ3n) is 4.21. The lowest BCUT2D eigenvalue weighted by Crippen LogP contribution is -2.41. The highest BCUT2D eigenvalue weighted by Gasteiger charge is 2.22. The van der Waals surface area contributed by atoms with Gasteiger partial charge in [0.2, 0.25) is 0 Å². The van der Waals surface area contributed by atoms with Crippen molar-refractivity contribution in [3.05, 3.63) is 40.4 Å². The summed E-state index contributed by atoms with van der Waals surface area (Å²) >= 11 is 1.24. The predicted octanol–water partition coefficient (Wildman–Crippen LogP) is 1.47. The molecule has 3 rings (SSSR count). The number of ether oxygens (including phenoxy) is 1. The molecule has 1 aromatic heterocycles.